The number of carbonyl (C=O) groups is 1. The van der Waals surface area contributed by atoms with Gasteiger partial charge in [0.15, 0.2) is 0 Å². The van der Waals surface area contributed by atoms with Gasteiger partial charge in [-0.1, -0.05) is 6.92 Å². The van der Waals surface area contributed by atoms with Crippen molar-refractivity contribution in [2.45, 2.75) is 20.3 Å². The quantitative estimate of drug-likeness (QED) is 0.567. The number of ketones is 1. The number of hydrogen-bond acceptors (Lipinski definition) is 4. The maximum absolute atomic E-state index is 11.1. The smallest absolute Gasteiger partial charge is 0.140 e. The summed E-state index contributed by atoms with van der Waals surface area (Å²) in [5, 5.41) is 8.66. The van der Waals surface area contributed by atoms with E-state index in [2.05, 4.69) is 4.99 Å². The van der Waals surface area contributed by atoms with Crippen LogP contribution in [0.15, 0.2) is 4.99 Å². The minimum Gasteiger partial charge on any atom is -0.299 e. The van der Waals surface area contributed by atoms with Crippen LogP contribution in [0.2, 0.25) is 0 Å². The minimum atomic E-state index is -0.237. The highest BCUT2D eigenvalue weighted by Crippen LogP contribution is 2.19. The van der Waals surface area contributed by atoms with Crippen LogP contribution in [0.3, 0.4) is 0 Å². The second-order valence-corrected chi connectivity index (χ2v) is 3.34. The van der Waals surface area contributed by atoms with Gasteiger partial charge < -0.3 is 0 Å². The summed E-state index contributed by atoms with van der Waals surface area (Å²) in [6, 6.07) is 0. The Morgan fingerprint density at radius 3 is 2.92 bits per heavy atom. The summed E-state index contributed by atoms with van der Waals surface area (Å²) in [6.07, 6.45) is 0.779. The van der Waals surface area contributed by atoms with Gasteiger partial charge in [0.25, 0.3) is 0 Å². The Kier molecular flexibility index (Phi) is 2.81. The molecule has 1 heterocycles. The first kappa shape index (κ1) is 9.19. The fraction of sp³-hybridized carbons (Fsp3) is 0.750. The zero-order valence-corrected chi connectivity index (χ0v) is 7.37. The molecule has 4 nitrogen and oxygen atoms in total. The van der Waals surface area contributed by atoms with Crippen molar-refractivity contribution < 1.29 is 10.0 Å². The summed E-state index contributed by atoms with van der Waals surface area (Å²) in [5.41, 5.74) is 1.99. The molecule has 0 aliphatic carbocycles. The van der Waals surface area contributed by atoms with Crippen molar-refractivity contribution in [1.29, 1.82) is 0 Å². The van der Waals surface area contributed by atoms with Crippen molar-refractivity contribution >= 4 is 11.6 Å². The molecule has 68 valence electrons. The fourth-order valence-corrected chi connectivity index (χ4v) is 1.42. The van der Waals surface area contributed by atoms with Gasteiger partial charge in [0.1, 0.15) is 11.6 Å². The average Bonchev–Trinajstić information content (AvgIpc) is 2.04. The Morgan fingerprint density at radius 1 is 1.75 bits per heavy atom. The van der Waals surface area contributed by atoms with E-state index in [0.29, 0.717) is 18.3 Å². The number of hydroxylamine groups is 1. The molecule has 0 aromatic heterocycles. The number of carbonyl (C=O) groups excluding carboxylic acids is 1. The molecular formula is C8H14N2O2. The molecule has 1 aliphatic heterocycles. The molecule has 4 heteroatoms. The lowest BCUT2D eigenvalue weighted by molar-refractivity contribution is -0.119. The topological polar surface area (TPSA) is 61.7 Å². The van der Waals surface area contributed by atoms with Gasteiger partial charge in [-0.05, 0) is 19.3 Å². The summed E-state index contributed by atoms with van der Waals surface area (Å²) in [5.74, 6) is 0.664. The van der Waals surface area contributed by atoms with E-state index in [1.807, 2.05) is 12.4 Å². The maximum atomic E-state index is 11.1. The Balaban J connectivity index is 2.75. The number of aliphatic imine (C=N–C) groups is 1. The lowest BCUT2D eigenvalue weighted by Gasteiger charge is -2.23. The Labute approximate surface area is 71.6 Å². The van der Waals surface area contributed by atoms with Crippen LogP contribution in [0.1, 0.15) is 20.3 Å². The fourth-order valence-electron chi connectivity index (χ4n) is 1.42. The van der Waals surface area contributed by atoms with Gasteiger partial charge in [0, 0.05) is 6.54 Å². The van der Waals surface area contributed by atoms with E-state index >= 15 is 0 Å². The predicted octanol–water partition coefficient (Wildman–Crippen LogP) is 0.609. The lowest BCUT2D eigenvalue weighted by atomic mass is 9.89. The molecule has 0 spiro atoms. The average molecular weight is 170 g/mol. The Bertz CT molecular complexity index is 213. The summed E-state index contributed by atoms with van der Waals surface area (Å²) in [6.45, 7) is 4.26. The van der Waals surface area contributed by atoms with Crippen LogP contribution in [0.25, 0.3) is 0 Å². The first-order valence-corrected chi connectivity index (χ1v) is 4.10. The standard InChI is InChI=1S/C8H14N2O2/c1-5-3-7(6(2)11)8(10-12)9-4-5/h5,7,12H,3-4H2,1-2H3,(H,9,10). The van der Waals surface area contributed by atoms with E-state index in [1.54, 1.807) is 0 Å². The van der Waals surface area contributed by atoms with E-state index in [-0.39, 0.29) is 11.7 Å². The molecule has 0 aromatic rings. The monoisotopic (exact) mass is 170 g/mol. The molecule has 1 aliphatic rings. The molecule has 0 fully saturated rings. The van der Waals surface area contributed by atoms with Gasteiger partial charge in [-0.15, -0.1) is 0 Å². The number of Topliss-reactive ketones (excluding diaryl/α,β-unsaturated/α-hetero) is 1. The summed E-state index contributed by atoms with van der Waals surface area (Å²) < 4.78 is 0. The summed E-state index contributed by atoms with van der Waals surface area (Å²) in [4.78, 5) is 15.1. The van der Waals surface area contributed by atoms with E-state index in [4.69, 9.17) is 5.21 Å². The third kappa shape index (κ3) is 1.82. The number of rotatable bonds is 1. The largest absolute Gasteiger partial charge is 0.299 e. The van der Waals surface area contributed by atoms with Crippen LogP contribution in [0, 0.1) is 11.8 Å². The highest BCUT2D eigenvalue weighted by molar-refractivity contribution is 6.02. The Morgan fingerprint density at radius 2 is 2.42 bits per heavy atom. The molecule has 2 N–H and O–H groups in total. The van der Waals surface area contributed by atoms with Gasteiger partial charge >= 0.3 is 0 Å². The van der Waals surface area contributed by atoms with Crippen molar-refractivity contribution in [2.24, 2.45) is 16.8 Å². The van der Waals surface area contributed by atoms with Gasteiger partial charge in [-0.2, -0.15) is 0 Å². The lowest BCUT2D eigenvalue weighted by Crippen LogP contribution is -2.37. The first-order valence-electron chi connectivity index (χ1n) is 4.10. The van der Waals surface area contributed by atoms with Crippen LogP contribution in [-0.2, 0) is 4.79 Å². The number of nitrogens with zero attached hydrogens (tertiary/aromatic N) is 1. The maximum Gasteiger partial charge on any atom is 0.140 e. The van der Waals surface area contributed by atoms with Crippen molar-refractivity contribution in [1.82, 2.24) is 5.48 Å². The molecule has 0 amide bonds. The third-order valence-electron chi connectivity index (χ3n) is 2.15. The molecule has 0 saturated carbocycles. The predicted molar refractivity (Wildman–Crippen MR) is 45.2 cm³/mol. The van der Waals surface area contributed by atoms with Gasteiger partial charge in [0.2, 0.25) is 0 Å². The zero-order valence-electron chi connectivity index (χ0n) is 7.37. The summed E-state index contributed by atoms with van der Waals surface area (Å²) >= 11 is 0. The van der Waals surface area contributed by atoms with Crippen LogP contribution in [0.5, 0.6) is 0 Å². The summed E-state index contributed by atoms with van der Waals surface area (Å²) in [7, 11) is 0. The van der Waals surface area contributed by atoms with Crippen molar-refractivity contribution in [3.05, 3.63) is 0 Å². The van der Waals surface area contributed by atoms with E-state index in [9.17, 15) is 4.79 Å². The van der Waals surface area contributed by atoms with Crippen LogP contribution in [0.4, 0.5) is 0 Å². The zero-order chi connectivity index (χ0) is 9.14. The van der Waals surface area contributed by atoms with E-state index < -0.39 is 0 Å². The molecular weight excluding hydrogens is 156 g/mol. The first-order chi connectivity index (χ1) is 5.65. The van der Waals surface area contributed by atoms with Crippen molar-refractivity contribution in [3.63, 3.8) is 0 Å². The molecule has 0 aromatic carbocycles. The van der Waals surface area contributed by atoms with Gasteiger partial charge in [-0.3, -0.25) is 20.5 Å². The van der Waals surface area contributed by atoms with Gasteiger partial charge in [-0.25, -0.2) is 0 Å². The van der Waals surface area contributed by atoms with Crippen molar-refractivity contribution in [2.75, 3.05) is 6.54 Å². The Hall–Kier alpha value is -0.900. The van der Waals surface area contributed by atoms with E-state index in [1.165, 1.54) is 6.92 Å². The van der Waals surface area contributed by atoms with Crippen LogP contribution >= 0.6 is 0 Å². The molecule has 2 atom stereocenters. The highest BCUT2D eigenvalue weighted by atomic mass is 16.5. The van der Waals surface area contributed by atoms with Gasteiger partial charge in [0.05, 0.1) is 5.92 Å². The highest BCUT2D eigenvalue weighted by Gasteiger charge is 2.26. The second-order valence-electron chi connectivity index (χ2n) is 3.34. The molecule has 12 heavy (non-hydrogen) atoms. The molecule has 1 rings (SSSR count). The normalized spacial score (nSPS) is 29.4. The number of nitrogens with one attached hydrogen (secondary N) is 1. The molecule has 2 unspecified atom stereocenters. The van der Waals surface area contributed by atoms with Crippen molar-refractivity contribution in [3.8, 4) is 0 Å². The third-order valence-corrected chi connectivity index (χ3v) is 2.15. The van der Waals surface area contributed by atoms with Crippen LogP contribution < -0.4 is 5.48 Å². The molecule has 0 bridgehead atoms. The number of amidine groups is 1. The van der Waals surface area contributed by atoms with Crippen LogP contribution in [-0.4, -0.2) is 23.4 Å². The second kappa shape index (κ2) is 3.67. The van der Waals surface area contributed by atoms with E-state index in [0.717, 1.165) is 6.42 Å². The SMILES string of the molecule is CC(=O)C1CC(C)CN=C1NO. The number of hydrogen-bond donors (Lipinski definition) is 2. The molecule has 0 radical (unpaired) electrons. The minimum absolute atomic E-state index is 0.0573. The molecule has 0 saturated heterocycles.